The lowest BCUT2D eigenvalue weighted by Gasteiger charge is -2.26. The zero-order valence-electron chi connectivity index (χ0n) is 16.9. The molecule has 2 aliphatic carbocycles. The molecule has 0 atom stereocenters. The molecule has 0 aromatic carbocycles. The normalized spacial score (nSPS) is 23.6. The number of aromatic nitrogens is 2. The fourth-order valence-electron chi connectivity index (χ4n) is 4.61. The first-order valence-electron chi connectivity index (χ1n) is 11.0. The lowest BCUT2D eigenvalue weighted by Crippen LogP contribution is -2.40. The van der Waals surface area contributed by atoms with Gasteiger partial charge < -0.3 is 16.4 Å². The monoisotopic (exact) mass is 383 g/mol. The Bertz CT molecular complexity index is 816. The number of nitrogens with zero attached hydrogens (tertiary/aromatic N) is 2. The van der Waals surface area contributed by atoms with Crippen molar-refractivity contribution < 1.29 is 4.79 Å². The quantitative estimate of drug-likeness (QED) is 0.736. The van der Waals surface area contributed by atoms with E-state index in [4.69, 9.17) is 10.7 Å². The molecule has 0 bridgehead atoms. The summed E-state index contributed by atoms with van der Waals surface area (Å²) < 4.78 is 2.10. The number of pyridine rings is 1. The summed E-state index contributed by atoms with van der Waals surface area (Å²) >= 11 is 0. The highest BCUT2D eigenvalue weighted by atomic mass is 16.1. The molecule has 0 saturated heterocycles. The van der Waals surface area contributed by atoms with Gasteiger partial charge in [-0.25, -0.2) is 4.98 Å². The fourth-order valence-corrected chi connectivity index (χ4v) is 4.61. The van der Waals surface area contributed by atoms with Gasteiger partial charge in [0.1, 0.15) is 11.5 Å². The van der Waals surface area contributed by atoms with E-state index in [2.05, 4.69) is 22.0 Å². The number of rotatable bonds is 5. The predicted octanol–water partition coefficient (Wildman–Crippen LogP) is 3.64. The molecule has 2 aromatic rings. The minimum absolute atomic E-state index is 0.00851. The van der Waals surface area contributed by atoms with Crippen molar-refractivity contribution in [2.75, 3.05) is 5.32 Å². The van der Waals surface area contributed by atoms with Crippen LogP contribution in [0.25, 0.3) is 5.65 Å². The summed E-state index contributed by atoms with van der Waals surface area (Å²) in [7, 11) is 0. The van der Waals surface area contributed by atoms with E-state index >= 15 is 0 Å². The van der Waals surface area contributed by atoms with Crippen molar-refractivity contribution in [1.29, 1.82) is 0 Å². The zero-order valence-corrected chi connectivity index (χ0v) is 16.9. The third-order valence-corrected chi connectivity index (χ3v) is 6.35. The van der Waals surface area contributed by atoms with Crippen LogP contribution in [0.1, 0.15) is 80.8 Å². The molecular weight excluding hydrogens is 350 g/mol. The molecule has 6 heteroatoms. The molecule has 2 saturated carbocycles. The Labute approximate surface area is 167 Å². The Balaban J connectivity index is 1.51. The van der Waals surface area contributed by atoms with Crippen molar-refractivity contribution in [2.45, 2.75) is 89.3 Å². The van der Waals surface area contributed by atoms with Gasteiger partial charge in [0.2, 0.25) is 0 Å². The molecule has 2 heterocycles. The van der Waals surface area contributed by atoms with Gasteiger partial charge in [-0.2, -0.15) is 0 Å². The molecule has 0 unspecified atom stereocenters. The number of aryl methyl sites for hydroxylation is 1. The molecule has 152 valence electrons. The van der Waals surface area contributed by atoms with Crippen molar-refractivity contribution in [3.63, 3.8) is 0 Å². The van der Waals surface area contributed by atoms with E-state index in [0.29, 0.717) is 11.6 Å². The topological polar surface area (TPSA) is 84.5 Å². The Kier molecular flexibility index (Phi) is 5.85. The second-order valence-electron chi connectivity index (χ2n) is 8.47. The standard InChI is InChI=1S/C22H33N5O/c1-2-19-21(24-17-6-4-3-5-7-17)27-13-12-15(14-20(27)26-19)22(28)25-18-10-8-16(23)9-11-18/h12-14,16-18,24H,2-11,23H2,1H3,(H,25,28). The van der Waals surface area contributed by atoms with Crippen LogP contribution in [0.4, 0.5) is 5.82 Å². The number of hydrogen-bond donors (Lipinski definition) is 3. The lowest BCUT2D eigenvalue weighted by atomic mass is 9.91. The van der Waals surface area contributed by atoms with Crippen LogP contribution in [0.5, 0.6) is 0 Å². The highest BCUT2D eigenvalue weighted by Gasteiger charge is 2.22. The summed E-state index contributed by atoms with van der Waals surface area (Å²) in [6, 6.07) is 4.87. The lowest BCUT2D eigenvalue weighted by molar-refractivity contribution is 0.0926. The molecule has 2 aromatic heterocycles. The molecule has 0 aliphatic heterocycles. The second-order valence-corrected chi connectivity index (χ2v) is 8.47. The van der Waals surface area contributed by atoms with Crippen molar-refractivity contribution in [2.24, 2.45) is 5.73 Å². The van der Waals surface area contributed by atoms with Gasteiger partial charge in [0.25, 0.3) is 5.91 Å². The molecule has 4 N–H and O–H groups in total. The maximum absolute atomic E-state index is 12.7. The minimum atomic E-state index is -0.00851. The van der Waals surface area contributed by atoms with Gasteiger partial charge in [-0.15, -0.1) is 0 Å². The van der Waals surface area contributed by atoms with Crippen LogP contribution >= 0.6 is 0 Å². The van der Waals surface area contributed by atoms with Crippen LogP contribution in [0.2, 0.25) is 0 Å². The molecule has 6 nitrogen and oxygen atoms in total. The van der Waals surface area contributed by atoms with Crippen LogP contribution in [0.3, 0.4) is 0 Å². The van der Waals surface area contributed by atoms with E-state index in [0.717, 1.165) is 49.3 Å². The van der Waals surface area contributed by atoms with E-state index in [-0.39, 0.29) is 18.0 Å². The van der Waals surface area contributed by atoms with Gasteiger partial charge in [-0.05, 0) is 57.1 Å². The van der Waals surface area contributed by atoms with Crippen LogP contribution < -0.4 is 16.4 Å². The number of amides is 1. The van der Waals surface area contributed by atoms with Crippen molar-refractivity contribution in [3.8, 4) is 0 Å². The summed E-state index contributed by atoms with van der Waals surface area (Å²) in [6.07, 6.45) is 13.2. The third kappa shape index (κ3) is 4.17. The Hall–Kier alpha value is -2.08. The third-order valence-electron chi connectivity index (χ3n) is 6.35. The molecule has 0 spiro atoms. The molecule has 28 heavy (non-hydrogen) atoms. The molecule has 0 radical (unpaired) electrons. The Morgan fingerprint density at radius 3 is 2.61 bits per heavy atom. The van der Waals surface area contributed by atoms with Gasteiger partial charge in [-0.1, -0.05) is 26.2 Å². The number of imidazole rings is 1. The van der Waals surface area contributed by atoms with Gasteiger partial charge in [0.15, 0.2) is 0 Å². The maximum Gasteiger partial charge on any atom is 0.251 e. The average Bonchev–Trinajstić information content (AvgIpc) is 3.07. The van der Waals surface area contributed by atoms with Gasteiger partial charge in [0, 0.05) is 29.9 Å². The van der Waals surface area contributed by atoms with Crippen molar-refractivity contribution in [3.05, 3.63) is 29.6 Å². The number of fused-ring (bicyclic) bond motifs is 1. The molecule has 2 fully saturated rings. The molecular formula is C22H33N5O. The van der Waals surface area contributed by atoms with Crippen LogP contribution in [-0.2, 0) is 6.42 Å². The smallest absolute Gasteiger partial charge is 0.251 e. The van der Waals surface area contributed by atoms with E-state index in [1.807, 2.05) is 18.3 Å². The number of hydrogen-bond acceptors (Lipinski definition) is 4. The second kappa shape index (κ2) is 8.52. The molecule has 2 aliphatic rings. The highest BCUT2D eigenvalue weighted by molar-refractivity contribution is 5.95. The van der Waals surface area contributed by atoms with Gasteiger partial charge in [-0.3, -0.25) is 9.20 Å². The summed E-state index contributed by atoms with van der Waals surface area (Å²) in [5.74, 6) is 1.09. The van der Waals surface area contributed by atoms with Crippen molar-refractivity contribution in [1.82, 2.24) is 14.7 Å². The van der Waals surface area contributed by atoms with E-state index in [1.54, 1.807) is 0 Å². The minimum Gasteiger partial charge on any atom is -0.367 e. The van der Waals surface area contributed by atoms with Gasteiger partial charge in [0.05, 0.1) is 5.69 Å². The first kappa shape index (κ1) is 19.2. The van der Waals surface area contributed by atoms with Crippen LogP contribution in [0, 0.1) is 0 Å². The maximum atomic E-state index is 12.7. The average molecular weight is 384 g/mol. The number of nitrogens with two attached hydrogens (primary N) is 1. The number of anilines is 1. The highest BCUT2D eigenvalue weighted by Crippen LogP contribution is 2.26. The summed E-state index contributed by atoms with van der Waals surface area (Å²) in [6.45, 7) is 2.13. The van der Waals surface area contributed by atoms with E-state index in [1.165, 1.54) is 32.1 Å². The largest absolute Gasteiger partial charge is 0.367 e. The van der Waals surface area contributed by atoms with Crippen LogP contribution in [0.15, 0.2) is 18.3 Å². The summed E-state index contributed by atoms with van der Waals surface area (Å²) in [5, 5.41) is 6.90. The number of carbonyl (C=O) groups excluding carboxylic acids is 1. The number of nitrogens with one attached hydrogen (secondary N) is 2. The van der Waals surface area contributed by atoms with Crippen molar-refractivity contribution >= 4 is 17.4 Å². The summed E-state index contributed by atoms with van der Waals surface area (Å²) in [4.78, 5) is 17.5. The number of carbonyl (C=O) groups is 1. The van der Waals surface area contributed by atoms with E-state index in [9.17, 15) is 4.79 Å². The SMILES string of the molecule is CCc1nc2cc(C(=O)NC3CCC(N)CC3)ccn2c1NC1CCCCC1. The van der Waals surface area contributed by atoms with Crippen LogP contribution in [-0.4, -0.2) is 33.4 Å². The van der Waals surface area contributed by atoms with Gasteiger partial charge >= 0.3 is 0 Å². The first-order chi connectivity index (χ1) is 13.6. The Morgan fingerprint density at radius 1 is 1.14 bits per heavy atom. The molecule has 1 amide bonds. The Morgan fingerprint density at radius 2 is 1.89 bits per heavy atom. The fraction of sp³-hybridized carbons (Fsp3) is 0.636. The summed E-state index contributed by atoms with van der Waals surface area (Å²) in [5.41, 5.74) is 8.56. The first-order valence-corrected chi connectivity index (χ1v) is 11.0. The zero-order chi connectivity index (χ0) is 19.5. The predicted molar refractivity (Wildman–Crippen MR) is 113 cm³/mol. The van der Waals surface area contributed by atoms with E-state index < -0.39 is 0 Å². The molecule has 4 rings (SSSR count).